The number of hydrogen-bond acceptors (Lipinski definition) is 4. The SMILES string of the molecule is Cc1nn(C)c(C)c1CCNS(=O)(=O)c1ccc2c(c1)C(NC(=O)C1CCCC1)CC2. The highest BCUT2D eigenvalue weighted by Crippen LogP contribution is 2.34. The van der Waals surface area contributed by atoms with Gasteiger partial charge in [-0.05, 0) is 74.8 Å². The van der Waals surface area contributed by atoms with E-state index >= 15 is 0 Å². The zero-order chi connectivity index (χ0) is 22.2. The Labute approximate surface area is 184 Å². The largest absolute Gasteiger partial charge is 0.349 e. The summed E-state index contributed by atoms with van der Waals surface area (Å²) in [5.74, 6) is 0.223. The maximum atomic E-state index is 12.9. The number of amides is 1. The van der Waals surface area contributed by atoms with E-state index in [0.717, 1.165) is 66.6 Å². The minimum atomic E-state index is -3.63. The summed E-state index contributed by atoms with van der Waals surface area (Å²) in [5, 5.41) is 7.56. The van der Waals surface area contributed by atoms with Gasteiger partial charge in [-0.2, -0.15) is 5.10 Å². The Morgan fingerprint density at radius 2 is 1.94 bits per heavy atom. The summed E-state index contributed by atoms with van der Waals surface area (Å²) in [4.78, 5) is 12.8. The van der Waals surface area contributed by atoms with Crippen LogP contribution in [0.2, 0.25) is 0 Å². The normalized spacial score (nSPS) is 19.0. The second-order valence-corrected chi connectivity index (χ2v) is 10.6. The van der Waals surface area contributed by atoms with E-state index in [2.05, 4.69) is 15.1 Å². The van der Waals surface area contributed by atoms with E-state index in [9.17, 15) is 13.2 Å². The summed E-state index contributed by atoms with van der Waals surface area (Å²) < 4.78 is 30.4. The number of nitrogens with zero attached hydrogens (tertiary/aromatic N) is 2. The molecule has 0 radical (unpaired) electrons. The van der Waals surface area contributed by atoms with Gasteiger partial charge in [0.2, 0.25) is 15.9 Å². The van der Waals surface area contributed by atoms with Gasteiger partial charge in [0.1, 0.15) is 0 Å². The van der Waals surface area contributed by atoms with Gasteiger partial charge in [0.15, 0.2) is 0 Å². The van der Waals surface area contributed by atoms with Gasteiger partial charge in [-0.3, -0.25) is 9.48 Å². The summed E-state index contributed by atoms with van der Waals surface area (Å²) in [6.07, 6.45) is 6.43. The maximum Gasteiger partial charge on any atom is 0.240 e. The standard InChI is InChI=1S/C23H32N4O3S/c1-15-20(16(2)27(3)26-15)12-13-24-31(29,30)19-10-8-17-9-11-22(21(17)14-19)25-23(28)18-6-4-5-7-18/h8,10,14,18,22,24H,4-7,9,11-13H2,1-3H3,(H,25,28). The molecule has 0 aliphatic heterocycles. The van der Waals surface area contributed by atoms with Crippen molar-refractivity contribution in [1.29, 1.82) is 0 Å². The first-order chi connectivity index (χ1) is 14.8. The first-order valence-corrected chi connectivity index (χ1v) is 12.7. The third-order valence-electron chi connectivity index (χ3n) is 6.87. The van der Waals surface area contributed by atoms with Crippen molar-refractivity contribution in [3.63, 3.8) is 0 Å². The summed E-state index contributed by atoms with van der Waals surface area (Å²) in [6, 6.07) is 5.20. The Morgan fingerprint density at radius 1 is 1.19 bits per heavy atom. The van der Waals surface area contributed by atoms with Crippen molar-refractivity contribution < 1.29 is 13.2 Å². The van der Waals surface area contributed by atoms with Crippen LogP contribution in [-0.2, 0) is 34.7 Å². The van der Waals surface area contributed by atoms with Gasteiger partial charge in [-0.15, -0.1) is 0 Å². The molecule has 1 saturated carbocycles. The fourth-order valence-corrected chi connectivity index (χ4v) is 6.01. The van der Waals surface area contributed by atoms with Gasteiger partial charge in [-0.25, -0.2) is 13.1 Å². The molecule has 2 aromatic rings. The monoisotopic (exact) mass is 444 g/mol. The van der Waals surface area contributed by atoms with Crippen molar-refractivity contribution in [3.05, 3.63) is 46.3 Å². The van der Waals surface area contributed by atoms with Crippen molar-refractivity contribution >= 4 is 15.9 Å². The second kappa shape index (κ2) is 8.74. The zero-order valence-electron chi connectivity index (χ0n) is 18.6. The van der Waals surface area contributed by atoms with Gasteiger partial charge in [0.05, 0.1) is 16.6 Å². The average Bonchev–Trinajstić information content (AvgIpc) is 3.45. The average molecular weight is 445 g/mol. The fourth-order valence-electron chi connectivity index (χ4n) is 4.95. The topological polar surface area (TPSA) is 93.1 Å². The number of carbonyl (C=O) groups is 1. The number of nitrogens with one attached hydrogen (secondary N) is 2. The lowest BCUT2D eigenvalue weighted by Crippen LogP contribution is -2.32. The smallest absolute Gasteiger partial charge is 0.240 e. The third-order valence-corrected chi connectivity index (χ3v) is 8.33. The van der Waals surface area contributed by atoms with Crippen LogP contribution < -0.4 is 10.0 Å². The zero-order valence-corrected chi connectivity index (χ0v) is 19.4. The van der Waals surface area contributed by atoms with Crippen LogP contribution >= 0.6 is 0 Å². The van der Waals surface area contributed by atoms with E-state index in [1.165, 1.54) is 0 Å². The molecule has 168 valence electrons. The Balaban J connectivity index is 1.44. The van der Waals surface area contributed by atoms with Crippen molar-refractivity contribution in [2.75, 3.05) is 6.54 Å². The van der Waals surface area contributed by atoms with Crippen LogP contribution in [0.15, 0.2) is 23.1 Å². The Kier molecular flexibility index (Phi) is 6.21. The van der Waals surface area contributed by atoms with Crippen LogP contribution in [0, 0.1) is 19.8 Å². The number of aryl methyl sites for hydroxylation is 3. The highest BCUT2D eigenvalue weighted by molar-refractivity contribution is 7.89. The molecule has 1 aromatic carbocycles. The number of aromatic nitrogens is 2. The van der Waals surface area contributed by atoms with Gasteiger partial charge in [0, 0.05) is 25.2 Å². The number of hydrogen-bond donors (Lipinski definition) is 2. The molecule has 0 spiro atoms. The number of rotatable bonds is 7. The molecule has 2 N–H and O–H groups in total. The molecule has 1 fully saturated rings. The van der Waals surface area contributed by atoms with Crippen LogP contribution in [0.1, 0.15) is 66.2 Å². The van der Waals surface area contributed by atoms with E-state index in [1.54, 1.807) is 12.1 Å². The molecule has 2 aliphatic carbocycles. The predicted molar refractivity (Wildman–Crippen MR) is 119 cm³/mol. The van der Waals surface area contributed by atoms with Crippen molar-refractivity contribution in [1.82, 2.24) is 19.8 Å². The highest BCUT2D eigenvalue weighted by atomic mass is 32.2. The molecule has 1 heterocycles. The predicted octanol–water partition coefficient (Wildman–Crippen LogP) is 2.85. The highest BCUT2D eigenvalue weighted by Gasteiger charge is 2.30. The third kappa shape index (κ3) is 4.55. The minimum Gasteiger partial charge on any atom is -0.349 e. The van der Waals surface area contributed by atoms with E-state index < -0.39 is 10.0 Å². The molecule has 1 aromatic heterocycles. The number of fused-ring (bicyclic) bond motifs is 1. The number of benzene rings is 1. The van der Waals surface area contributed by atoms with Gasteiger partial charge in [-0.1, -0.05) is 18.9 Å². The number of carbonyl (C=O) groups excluding carboxylic acids is 1. The van der Waals surface area contributed by atoms with Gasteiger partial charge >= 0.3 is 0 Å². The first-order valence-electron chi connectivity index (χ1n) is 11.2. The molecule has 1 amide bonds. The lowest BCUT2D eigenvalue weighted by molar-refractivity contribution is -0.125. The molecule has 7 nitrogen and oxygen atoms in total. The molecule has 8 heteroatoms. The number of sulfonamides is 1. The first kappa shape index (κ1) is 22.0. The van der Waals surface area contributed by atoms with Crippen molar-refractivity contribution in [2.24, 2.45) is 13.0 Å². The second-order valence-electron chi connectivity index (χ2n) is 8.86. The van der Waals surface area contributed by atoms with Crippen LogP contribution in [0.4, 0.5) is 0 Å². The summed E-state index contributed by atoms with van der Waals surface area (Å²) in [5.41, 5.74) is 5.12. The van der Waals surface area contributed by atoms with Crippen LogP contribution in [-0.4, -0.2) is 30.7 Å². The van der Waals surface area contributed by atoms with Gasteiger partial charge < -0.3 is 5.32 Å². The molecule has 0 bridgehead atoms. The Hall–Kier alpha value is -2.19. The molecule has 31 heavy (non-hydrogen) atoms. The summed E-state index contributed by atoms with van der Waals surface area (Å²) >= 11 is 0. The fraction of sp³-hybridized carbons (Fsp3) is 0.565. The van der Waals surface area contributed by atoms with E-state index in [4.69, 9.17) is 0 Å². The molecular weight excluding hydrogens is 412 g/mol. The molecule has 4 rings (SSSR count). The molecule has 2 aliphatic rings. The Bertz CT molecular complexity index is 1080. The molecule has 1 atom stereocenters. The lowest BCUT2D eigenvalue weighted by atomic mass is 10.0. The lowest BCUT2D eigenvalue weighted by Gasteiger charge is -2.18. The minimum absolute atomic E-state index is 0.0982. The molecule has 1 unspecified atom stereocenters. The van der Waals surface area contributed by atoms with Crippen LogP contribution in [0.3, 0.4) is 0 Å². The molecular formula is C23H32N4O3S. The molecule has 0 saturated heterocycles. The summed E-state index contributed by atoms with van der Waals surface area (Å²) in [6.45, 7) is 4.25. The van der Waals surface area contributed by atoms with Crippen molar-refractivity contribution in [2.45, 2.75) is 69.7 Å². The van der Waals surface area contributed by atoms with Crippen molar-refractivity contribution in [3.8, 4) is 0 Å². The van der Waals surface area contributed by atoms with E-state index in [1.807, 2.05) is 31.6 Å². The van der Waals surface area contributed by atoms with E-state index in [0.29, 0.717) is 13.0 Å². The van der Waals surface area contributed by atoms with Gasteiger partial charge in [0.25, 0.3) is 0 Å². The van der Waals surface area contributed by atoms with E-state index in [-0.39, 0.29) is 22.8 Å². The van der Waals surface area contributed by atoms with Crippen LogP contribution in [0.25, 0.3) is 0 Å². The summed E-state index contributed by atoms with van der Waals surface area (Å²) in [7, 11) is -1.74. The quantitative estimate of drug-likeness (QED) is 0.687. The maximum absolute atomic E-state index is 12.9. The van der Waals surface area contributed by atoms with Crippen LogP contribution in [0.5, 0.6) is 0 Å². The Morgan fingerprint density at radius 3 is 2.61 bits per heavy atom.